The third kappa shape index (κ3) is 4.86. The van der Waals surface area contributed by atoms with Gasteiger partial charge in [-0.3, -0.25) is 14.7 Å². The average Bonchev–Trinajstić information content (AvgIpc) is 2.83. The van der Waals surface area contributed by atoms with Crippen molar-refractivity contribution >= 4 is 38.6 Å². The number of H-pyrrole nitrogens is 1. The molecule has 0 aliphatic carbocycles. The lowest BCUT2D eigenvalue weighted by Gasteiger charge is -2.15. The van der Waals surface area contributed by atoms with Crippen LogP contribution in [0.2, 0.25) is 0 Å². The van der Waals surface area contributed by atoms with Gasteiger partial charge in [0.1, 0.15) is 11.5 Å². The van der Waals surface area contributed by atoms with E-state index in [1.165, 1.54) is 13.1 Å². The molecule has 2 N–H and O–H groups in total. The number of pyridine rings is 1. The number of rotatable bonds is 7. The van der Waals surface area contributed by atoms with Crippen LogP contribution in [-0.2, 0) is 6.42 Å². The molecule has 9 nitrogen and oxygen atoms in total. The minimum Gasteiger partial charge on any atom is -0.495 e. The Hall–Kier alpha value is -3.92. The van der Waals surface area contributed by atoms with Crippen molar-refractivity contribution in [2.24, 2.45) is 0 Å². The SMILES string of the molecule is COc1cc2nccc(OCCc3cc(=O)[nH]nc3-c3cccc(N(C)C(=O)O)c3)c2cc1Br. The summed E-state index contributed by atoms with van der Waals surface area (Å²) in [6.07, 6.45) is 0.997. The van der Waals surface area contributed by atoms with E-state index in [9.17, 15) is 14.7 Å². The normalized spacial score (nSPS) is 10.8. The van der Waals surface area contributed by atoms with E-state index in [2.05, 4.69) is 31.1 Å². The van der Waals surface area contributed by atoms with E-state index in [1.54, 1.807) is 37.6 Å². The predicted octanol–water partition coefficient (Wildman–Crippen LogP) is 4.49. The first kappa shape index (κ1) is 23.2. The first-order valence-electron chi connectivity index (χ1n) is 10.3. The maximum atomic E-state index is 12.0. The maximum Gasteiger partial charge on any atom is 0.411 e. The summed E-state index contributed by atoms with van der Waals surface area (Å²) in [6, 6.07) is 13.9. The van der Waals surface area contributed by atoms with Crippen LogP contribution in [0.4, 0.5) is 10.5 Å². The molecule has 0 saturated carbocycles. The molecule has 0 unspecified atom stereocenters. The number of anilines is 1. The molecule has 0 atom stereocenters. The number of nitrogens with one attached hydrogen (secondary N) is 1. The number of methoxy groups -OCH3 is 1. The van der Waals surface area contributed by atoms with Gasteiger partial charge >= 0.3 is 6.09 Å². The molecular formula is C24H21BrN4O5. The second-order valence-electron chi connectivity index (χ2n) is 7.41. The molecule has 174 valence electrons. The fourth-order valence-electron chi connectivity index (χ4n) is 3.53. The van der Waals surface area contributed by atoms with Crippen LogP contribution >= 0.6 is 15.9 Å². The second kappa shape index (κ2) is 9.92. The van der Waals surface area contributed by atoms with Crippen molar-refractivity contribution in [1.29, 1.82) is 0 Å². The van der Waals surface area contributed by atoms with Gasteiger partial charge in [-0.1, -0.05) is 12.1 Å². The van der Waals surface area contributed by atoms with Crippen LogP contribution in [0.3, 0.4) is 0 Å². The highest BCUT2D eigenvalue weighted by atomic mass is 79.9. The van der Waals surface area contributed by atoms with Gasteiger partial charge in [-0.25, -0.2) is 9.89 Å². The Balaban J connectivity index is 1.59. The fourth-order valence-corrected chi connectivity index (χ4v) is 4.03. The largest absolute Gasteiger partial charge is 0.495 e. The van der Waals surface area contributed by atoms with Gasteiger partial charge in [-0.05, 0) is 45.8 Å². The highest BCUT2D eigenvalue weighted by Gasteiger charge is 2.14. The van der Waals surface area contributed by atoms with E-state index in [1.807, 2.05) is 18.2 Å². The summed E-state index contributed by atoms with van der Waals surface area (Å²) in [5.74, 6) is 1.32. The third-order valence-corrected chi connectivity index (χ3v) is 5.90. The second-order valence-corrected chi connectivity index (χ2v) is 8.26. The van der Waals surface area contributed by atoms with Crippen molar-refractivity contribution in [1.82, 2.24) is 15.2 Å². The van der Waals surface area contributed by atoms with Gasteiger partial charge < -0.3 is 14.6 Å². The molecule has 34 heavy (non-hydrogen) atoms. The Kier molecular flexibility index (Phi) is 6.78. The maximum absolute atomic E-state index is 12.0. The number of hydrogen-bond donors (Lipinski definition) is 2. The molecule has 10 heteroatoms. The zero-order chi connectivity index (χ0) is 24.2. The summed E-state index contributed by atoms with van der Waals surface area (Å²) in [6.45, 7) is 0.287. The number of nitrogens with zero attached hydrogens (tertiary/aromatic N) is 3. The summed E-state index contributed by atoms with van der Waals surface area (Å²) in [7, 11) is 3.05. The van der Waals surface area contributed by atoms with Gasteiger partial charge in [-0.15, -0.1) is 0 Å². The van der Waals surface area contributed by atoms with E-state index in [-0.39, 0.29) is 12.2 Å². The van der Waals surface area contributed by atoms with Gasteiger partial charge in [0.05, 0.1) is 29.4 Å². The fraction of sp³-hybridized carbons (Fsp3) is 0.167. The van der Waals surface area contributed by atoms with Gasteiger partial charge in [0.25, 0.3) is 5.56 Å². The summed E-state index contributed by atoms with van der Waals surface area (Å²) in [4.78, 5) is 28.8. The quantitative estimate of drug-likeness (QED) is 0.365. The summed E-state index contributed by atoms with van der Waals surface area (Å²) in [5, 5.41) is 16.8. The van der Waals surface area contributed by atoms with Crippen molar-refractivity contribution in [3.05, 3.63) is 75.1 Å². The van der Waals surface area contributed by atoms with Crippen LogP contribution in [0.1, 0.15) is 5.56 Å². The lowest BCUT2D eigenvalue weighted by molar-refractivity contribution is 0.203. The molecule has 4 aromatic rings. The summed E-state index contributed by atoms with van der Waals surface area (Å²) >= 11 is 3.49. The predicted molar refractivity (Wildman–Crippen MR) is 132 cm³/mol. The molecule has 0 spiro atoms. The van der Waals surface area contributed by atoms with Crippen LogP contribution in [-0.4, -0.2) is 47.1 Å². The van der Waals surface area contributed by atoms with Gasteiger partial charge in [0, 0.05) is 48.4 Å². The monoisotopic (exact) mass is 524 g/mol. The molecule has 2 aromatic carbocycles. The number of carbonyl (C=O) groups is 1. The Morgan fingerprint density at radius 3 is 2.76 bits per heavy atom. The molecule has 0 radical (unpaired) electrons. The Morgan fingerprint density at radius 2 is 2.00 bits per heavy atom. The molecule has 4 rings (SSSR count). The number of aromatic nitrogens is 3. The Bertz CT molecular complexity index is 1420. The van der Waals surface area contributed by atoms with Crippen LogP contribution in [0.25, 0.3) is 22.2 Å². The van der Waals surface area contributed by atoms with Crippen molar-refractivity contribution < 1.29 is 19.4 Å². The number of carboxylic acid groups (broad SMARTS) is 1. The first-order chi connectivity index (χ1) is 16.4. The zero-order valence-corrected chi connectivity index (χ0v) is 20.0. The molecule has 2 heterocycles. The number of benzene rings is 2. The molecule has 2 aromatic heterocycles. The topological polar surface area (TPSA) is 118 Å². The minimum absolute atomic E-state index is 0.287. The van der Waals surface area contributed by atoms with E-state index in [0.29, 0.717) is 40.4 Å². The van der Waals surface area contributed by atoms with Crippen molar-refractivity contribution in [2.45, 2.75) is 6.42 Å². The molecule has 0 fully saturated rings. The van der Waals surface area contributed by atoms with Crippen molar-refractivity contribution in [3.63, 3.8) is 0 Å². The highest BCUT2D eigenvalue weighted by molar-refractivity contribution is 9.10. The smallest absolute Gasteiger partial charge is 0.411 e. The zero-order valence-electron chi connectivity index (χ0n) is 18.4. The number of fused-ring (bicyclic) bond motifs is 1. The van der Waals surface area contributed by atoms with Gasteiger partial charge in [0.2, 0.25) is 0 Å². The summed E-state index contributed by atoms with van der Waals surface area (Å²) < 4.78 is 12.2. The number of halogens is 1. The number of amides is 1. The number of ether oxygens (including phenoxy) is 2. The lowest BCUT2D eigenvalue weighted by Crippen LogP contribution is -2.23. The summed E-state index contributed by atoms with van der Waals surface area (Å²) in [5.41, 5.74) is 2.81. The lowest BCUT2D eigenvalue weighted by atomic mass is 10.0. The molecule has 1 amide bonds. The molecular weight excluding hydrogens is 504 g/mol. The van der Waals surface area contributed by atoms with E-state index < -0.39 is 6.09 Å². The van der Waals surface area contributed by atoms with Gasteiger partial charge in [-0.2, -0.15) is 5.10 Å². The van der Waals surface area contributed by atoms with E-state index >= 15 is 0 Å². The molecule has 0 bridgehead atoms. The van der Waals surface area contributed by atoms with Crippen molar-refractivity contribution in [3.8, 4) is 22.8 Å². The van der Waals surface area contributed by atoms with Crippen LogP contribution in [0.15, 0.2) is 64.0 Å². The molecule has 0 aliphatic rings. The molecule has 0 aliphatic heterocycles. The first-order valence-corrected chi connectivity index (χ1v) is 11.1. The van der Waals surface area contributed by atoms with E-state index in [4.69, 9.17) is 9.47 Å². The van der Waals surface area contributed by atoms with E-state index in [0.717, 1.165) is 20.3 Å². The minimum atomic E-state index is -1.07. The Morgan fingerprint density at radius 1 is 1.18 bits per heavy atom. The third-order valence-electron chi connectivity index (χ3n) is 5.29. The number of aromatic amines is 1. The Labute approximate surface area is 203 Å². The average molecular weight is 525 g/mol. The van der Waals surface area contributed by atoms with Crippen molar-refractivity contribution in [2.75, 3.05) is 25.7 Å². The van der Waals surface area contributed by atoms with Crippen LogP contribution < -0.4 is 19.9 Å². The molecule has 0 saturated heterocycles. The van der Waals surface area contributed by atoms with Gasteiger partial charge in [0.15, 0.2) is 0 Å². The standard InChI is InChI=1S/C24H21BrN4O5/c1-29(24(31)32)16-5-3-4-14(10-16)23-15(11-22(30)27-28-23)7-9-34-20-6-8-26-19-13-21(33-2)18(25)12-17(19)20/h3-6,8,10-13H,7,9H2,1-2H3,(H,27,30)(H,31,32). The highest BCUT2D eigenvalue weighted by Crippen LogP contribution is 2.34. The van der Waals surface area contributed by atoms with Crippen LogP contribution in [0.5, 0.6) is 11.5 Å². The number of hydrogen-bond acceptors (Lipinski definition) is 6. The van der Waals surface area contributed by atoms with Crippen LogP contribution in [0, 0.1) is 0 Å².